The lowest BCUT2D eigenvalue weighted by Crippen LogP contribution is -2.28. The number of anilines is 1. The Morgan fingerprint density at radius 3 is 2.37 bits per heavy atom. The summed E-state index contributed by atoms with van der Waals surface area (Å²) in [5.41, 5.74) is 1.80. The molecule has 0 bridgehead atoms. The number of sulfone groups is 1. The average molecular weight is 488 g/mol. The Bertz CT molecular complexity index is 1560. The Morgan fingerprint density at radius 2 is 1.69 bits per heavy atom. The average Bonchev–Trinajstić information content (AvgIpc) is 3.48. The summed E-state index contributed by atoms with van der Waals surface area (Å²) in [4.78, 5) is 44.1. The van der Waals surface area contributed by atoms with Gasteiger partial charge in [0.05, 0.1) is 9.82 Å². The highest BCUT2D eigenvalue weighted by atomic mass is 32.2. The van der Waals surface area contributed by atoms with Gasteiger partial charge in [0.2, 0.25) is 9.84 Å². The number of amides is 3. The van der Waals surface area contributed by atoms with E-state index in [1.807, 2.05) is 0 Å². The van der Waals surface area contributed by atoms with Crippen LogP contribution in [-0.4, -0.2) is 42.6 Å². The van der Waals surface area contributed by atoms with Crippen molar-refractivity contribution in [3.05, 3.63) is 99.6 Å². The molecule has 174 valence electrons. The zero-order valence-electron chi connectivity index (χ0n) is 18.0. The van der Waals surface area contributed by atoms with Crippen molar-refractivity contribution in [2.75, 3.05) is 11.4 Å². The Hall–Kier alpha value is -4.51. The van der Waals surface area contributed by atoms with Gasteiger partial charge < -0.3 is 4.90 Å². The summed E-state index contributed by atoms with van der Waals surface area (Å²) < 4.78 is 26.8. The second-order valence-corrected chi connectivity index (χ2v) is 9.70. The van der Waals surface area contributed by atoms with Gasteiger partial charge >= 0.3 is 6.03 Å². The third-order valence-electron chi connectivity index (χ3n) is 5.74. The van der Waals surface area contributed by atoms with Crippen LogP contribution in [-0.2, 0) is 16.3 Å². The van der Waals surface area contributed by atoms with E-state index in [0.29, 0.717) is 29.8 Å². The van der Waals surface area contributed by atoms with Crippen molar-refractivity contribution in [2.24, 2.45) is 9.98 Å². The topological polar surface area (TPSA) is 139 Å². The molecule has 2 heterocycles. The number of hydrogen-bond acceptors (Lipinski definition) is 6. The van der Waals surface area contributed by atoms with Crippen molar-refractivity contribution in [2.45, 2.75) is 11.3 Å². The fourth-order valence-electron chi connectivity index (χ4n) is 4.03. The van der Waals surface area contributed by atoms with Crippen LogP contribution in [0.2, 0.25) is 0 Å². The quantitative estimate of drug-likeness (QED) is 0.406. The van der Waals surface area contributed by atoms with Crippen molar-refractivity contribution in [3.8, 4) is 0 Å². The van der Waals surface area contributed by atoms with Gasteiger partial charge in [-0.3, -0.25) is 14.9 Å². The van der Waals surface area contributed by atoms with Gasteiger partial charge in [-0.2, -0.15) is 9.98 Å². The number of nitrogens with zero attached hydrogens (tertiary/aromatic N) is 4. The molecule has 11 heteroatoms. The summed E-state index contributed by atoms with van der Waals surface area (Å²) in [6.45, 7) is 0.324. The monoisotopic (exact) mass is 488 g/mol. The summed E-state index contributed by atoms with van der Waals surface area (Å²) >= 11 is 0. The van der Waals surface area contributed by atoms with E-state index >= 15 is 0 Å². The maximum atomic E-state index is 13.4. The molecule has 0 aliphatic carbocycles. The van der Waals surface area contributed by atoms with Gasteiger partial charge in [0.1, 0.15) is 5.71 Å². The summed E-state index contributed by atoms with van der Waals surface area (Å²) in [5, 5.41) is 10.4. The number of carbonyl (C=O) groups is 2. The van der Waals surface area contributed by atoms with E-state index < -0.39 is 25.8 Å². The lowest BCUT2D eigenvalue weighted by Gasteiger charge is -2.17. The molecule has 3 aromatic carbocycles. The Morgan fingerprint density at radius 1 is 0.971 bits per heavy atom. The fraction of sp³-hybridized carbons (Fsp3) is 0.0833. The molecule has 0 unspecified atom stereocenters. The van der Waals surface area contributed by atoms with Crippen LogP contribution in [0, 0.1) is 10.1 Å². The first kappa shape index (κ1) is 22.3. The second kappa shape index (κ2) is 8.37. The molecule has 3 amide bonds. The van der Waals surface area contributed by atoms with Crippen molar-refractivity contribution in [3.63, 3.8) is 0 Å². The van der Waals surface area contributed by atoms with Crippen LogP contribution in [0.1, 0.15) is 21.5 Å². The molecule has 0 saturated carbocycles. The molecule has 2 aliphatic heterocycles. The number of aliphatic imine (C=N–C) groups is 2. The van der Waals surface area contributed by atoms with Crippen LogP contribution in [0.25, 0.3) is 0 Å². The lowest BCUT2D eigenvalue weighted by atomic mass is 10.1. The van der Waals surface area contributed by atoms with Crippen LogP contribution >= 0.6 is 0 Å². The molecular weight excluding hydrogens is 472 g/mol. The van der Waals surface area contributed by atoms with E-state index in [1.54, 1.807) is 30.3 Å². The fourth-order valence-corrected chi connectivity index (χ4v) is 5.41. The molecule has 0 fully saturated rings. The minimum atomic E-state index is -4.16. The van der Waals surface area contributed by atoms with E-state index in [-0.39, 0.29) is 27.8 Å². The molecule has 10 nitrogen and oxygen atoms in total. The summed E-state index contributed by atoms with van der Waals surface area (Å²) in [5.74, 6) is -0.349. The molecule has 0 spiro atoms. The number of nitro groups is 1. The molecular formula is C24H16N4O6S. The van der Waals surface area contributed by atoms with Crippen molar-refractivity contribution in [1.82, 2.24) is 0 Å². The zero-order valence-corrected chi connectivity index (χ0v) is 18.8. The van der Waals surface area contributed by atoms with Gasteiger partial charge in [-0.15, -0.1) is 0 Å². The largest absolute Gasteiger partial charge is 0.369 e. The molecule has 0 aromatic heterocycles. The van der Waals surface area contributed by atoms with Gasteiger partial charge in [0.25, 0.3) is 11.6 Å². The number of fused-ring (bicyclic) bond motifs is 1. The predicted octanol–water partition coefficient (Wildman–Crippen LogP) is 3.59. The SMILES string of the molecule is O=C1N=C(c2ccccc2)C(S(=O)(=O)c2ccc3c(c2)CCN3C(=O)c2ccc([N+](=O)[O-])cc2)=N1. The standard InChI is InChI=1S/C24H16N4O6S/c29-23(16-6-8-18(9-7-16)28(31)32)27-13-12-17-14-19(10-11-20(17)27)35(33,34)22-21(25-24(30)26-22)15-4-2-1-3-5-15/h1-11,14H,12-13H2. The third kappa shape index (κ3) is 3.91. The first-order valence-electron chi connectivity index (χ1n) is 10.5. The number of urea groups is 1. The first-order chi connectivity index (χ1) is 16.8. The van der Waals surface area contributed by atoms with E-state index in [1.165, 1.54) is 47.4 Å². The van der Waals surface area contributed by atoms with E-state index in [9.17, 15) is 28.1 Å². The first-order valence-corrected chi connectivity index (χ1v) is 12.0. The smallest absolute Gasteiger partial charge is 0.308 e. The minimum Gasteiger partial charge on any atom is -0.308 e. The van der Waals surface area contributed by atoms with Crippen LogP contribution in [0.15, 0.2) is 87.7 Å². The number of hydrogen-bond donors (Lipinski definition) is 0. The Kier molecular flexibility index (Phi) is 5.33. The Labute approximate surface area is 199 Å². The van der Waals surface area contributed by atoms with E-state index in [0.717, 1.165) is 0 Å². The molecule has 0 N–H and O–H groups in total. The highest BCUT2D eigenvalue weighted by molar-refractivity contribution is 8.08. The summed E-state index contributed by atoms with van der Waals surface area (Å²) in [6, 6.07) is 17.2. The number of non-ortho nitro benzene ring substituents is 1. The van der Waals surface area contributed by atoms with E-state index in [4.69, 9.17) is 0 Å². The van der Waals surface area contributed by atoms with Crippen molar-refractivity contribution in [1.29, 1.82) is 0 Å². The molecule has 0 saturated heterocycles. The molecule has 0 atom stereocenters. The zero-order chi connectivity index (χ0) is 24.7. The van der Waals surface area contributed by atoms with Crippen LogP contribution in [0.4, 0.5) is 16.2 Å². The lowest BCUT2D eigenvalue weighted by molar-refractivity contribution is -0.384. The van der Waals surface area contributed by atoms with Gasteiger partial charge in [-0.1, -0.05) is 30.3 Å². The van der Waals surface area contributed by atoms with Crippen LogP contribution in [0.3, 0.4) is 0 Å². The minimum absolute atomic E-state index is 0.00826. The summed E-state index contributed by atoms with van der Waals surface area (Å²) in [6.07, 6.45) is 0.419. The third-order valence-corrected chi connectivity index (χ3v) is 7.40. The van der Waals surface area contributed by atoms with Crippen LogP contribution < -0.4 is 4.90 Å². The molecule has 3 aromatic rings. The molecule has 0 radical (unpaired) electrons. The maximum absolute atomic E-state index is 13.4. The maximum Gasteiger partial charge on any atom is 0.369 e. The predicted molar refractivity (Wildman–Crippen MR) is 128 cm³/mol. The normalized spacial score (nSPS) is 15.0. The highest BCUT2D eigenvalue weighted by Gasteiger charge is 2.35. The van der Waals surface area contributed by atoms with Crippen LogP contribution in [0.5, 0.6) is 0 Å². The number of carbonyl (C=O) groups excluding carboxylic acids is 2. The Balaban J connectivity index is 1.45. The van der Waals surface area contributed by atoms with Gasteiger partial charge in [-0.05, 0) is 42.3 Å². The molecule has 2 aliphatic rings. The van der Waals surface area contributed by atoms with Crippen molar-refractivity contribution < 1.29 is 22.9 Å². The molecule has 5 rings (SSSR count). The molecule has 35 heavy (non-hydrogen) atoms. The summed E-state index contributed by atoms with van der Waals surface area (Å²) in [7, 11) is -4.16. The van der Waals surface area contributed by atoms with Gasteiger partial charge in [0, 0.05) is 35.5 Å². The van der Waals surface area contributed by atoms with Gasteiger partial charge in [-0.25, -0.2) is 13.2 Å². The number of benzene rings is 3. The highest BCUT2D eigenvalue weighted by Crippen LogP contribution is 2.33. The second-order valence-electron chi connectivity index (χ2n) is 7.83. The van der Waals surface area contributed by atoms with Crippen molar-refractivity contribution >= 4 is 43.9 Å². The number of nitro benzene ring substituents is 1. The van der Waals surface area contributed by atoms with Gasteiger partial charge in [0.15, 0.2) is 5.04 Å². The van der Waals surface area contributed by atoms with E-state index in [2.05, 4.69) is 9.98 Å². The number of rotatable bonds is 4.